The Morgan fingerprint density at radius 1 is 1.21 bits per heavy atom. The number of ether oxygens (including phenoxy) is 1. The molecule has 0 aliphatic carbocycles. The van der Waals surface area contributed by atoms with Gasteiger partial charge in [0.05, 0.1) is 13.5 Å². The molecular weight excluding hydrogens is 367 g/mol. The molecule has 2 saturated heterocycles. The predicted octanol–water partition coefficient (Wildman–Crippen LogP) is 4.28. The van der Waals surface area contributed by atoms with Crippen LogP contribution in [0.25, 0.3) is 0 Å². The average Bonchev–Trinajstić information content (AvgIpc) is 2.97. The van der Waals surface area contributed by atoms with E-state index in [1.54, 1.807) is 7.11 Å². The van der Waals surface area contributed by atoms with E-state index in [2.05, 4.69) is 18.7 Å². The number of carbonyl (C=O) groups is 1. The Kier molecular flexibility index (Phi) is 5.24. The molecule has 2 heterocycles. The molecule has 1 amide bonds. The van der Waals surface area contributed by atoms with Gasteiger partial charge < -0.3 is 14.5 Å². The van der Waals surface area contributed by atoms with Crippen LogP contribution in [0.5, 0.6) is 5.75 Å². The van der Waals surface area contributed by atoms with Gasteiger partial charge in [0.2, 0.25) is 5.91 Å². The van der Waals surface area contributed by atoms with Crippen LogP contribution in [-0.4, -0.2) is 42.6 Å². The fourth-order valence-electron chi connectivity index (χ4n) is 5.19. The van der Waals surface area contributed by atoms with Gasteiger partial charge in [0.15, 0.2) is 0 Å². The Bertz CT molecular complexity index is 881. The molecule has 2 aromatic carbocycles. The zero-order valence-corrected chi connectivity index (χ0v) is 17.4. The number of hydrogen-bond acceptors (Lipinski definition) is 3. The second-order valence-electron chi connectivity index (χ2n) is 8.85. The van der Waals surface area contributed by atoms with Gasteiger partial charge in [-0.2, -0.15) is 0 Å². The van der Waals surface area contributed by atoms with Crippen LogP contribution in [0, 0.1) is 11.7 Å². The largest absolute Gasteiger partial charge is 0.497 e. The molecule has 4 rings (SSSR count). The predicted molar refractivity (Wildman–Crippen MR) is 113 cm³/mol. The van der Waals surface area contributed by atoms with E-state index in [0.717, 1.165) is 42.9 Å². The van der Waals surface area contributed by atoms with Gasteiger partial charge in [-0.3, -0.25) is 4.79 Å². The summed E-state index contributed by atoms with van der Waals surface area (Å²) in [6, 6.07) is 14.9. The second kappa shape index (κ2) is 7.69. The third-order valence-corrected chi connectivity index (χ3v) is 6.39. The van der Waals surface area contributed by atoms with Gasteiger partial charge >= 0.3 is 0 Å². The van der Waals surface area contributed by atoms with Crippen molar-refractivity contribution in [3.63, 3.8) is 0 Å². The molecule has 4 nitrogen and oxygen atoms in total. The number of anilines is 1. The van der Waals surface area contributed by atoms with E-state index in [4.69, 9.17) is 4.74 Å². The minimum Gasteiger partial charge on any atom is -0.497 e. The van der Waals surface area contributed by atoms with Crippen LogP contribution in [0.2, 0.25) is 0 Å². The standard InChI is InChI=1S/C24H29FN2O2/c1-24(2)15-18-16-26(23(28)14-17-5-4-6-21(13-17)29-3)12-11-22(18)27(24)20-9-7-19(25)8-10-20/h4-10,13,18,22H,11-12,14-16H2,1-3H3/t18-,22+/m1/s1. The number of fused-ring (bicyclic) bond motifs is 1. The number of halogens is 1. The molecule has 0 saturated carbocycles. The summed E-state index contributed by atoms with van der Waals surface area (Å²) in [5.74, 6) is 1.18. The number of piperidine rings is 1. The number of amides is 1. The number of benzene rings is 2. The highest BCUT2D eigenvalue weighted by Crippen LogP contribution is 2.44. The molecule has 2 aliphatic rings. The molecule has 2 aliphatic heterocycles. The van der Waals surface area contributed by atoms with Crippen molar-refractivity contribution in [2.24, 2.45) is 5.92 Å². The minimum absolute atomic E-state index is 0.0149. The smallest absolute Gasteiger partial charge is 0.227 e. The van der Waals surface area contributed by atoms with Crippen molar-refractivity contribution in [1.82, 2.24) is 4.90 Å². The lowest BCUT2D eigenvalue weighted by Gasteiger charge is -2.42. The Morgan fingerprint density at radius 3 is 2.69 bits per heavy atom. The molecule has 154 valence electrons. The maximum atomic E-state index is 13.4. The number of likely N-dealkylation sites (tertiary alicyclic amines) is 1. The molecule has 5 heteroatoms. The maximum absolute atomic E-state index is 13.4. The van der Waals surface area contributed by atoms with Crippen LogP contribution < -0.4 is 9.64 Å². The monoisotopic (exact) mass is 396 g/mol. The molecule has 2 atom stereocenters. The Morgan fingerprint density at radius 2 is 1.97 bits per heavy atom. The van der Waals surface area contributed by atoms with Crippen LogP contribution in [-0.2, 0) is 11.2 Å². The van der Waals surface area contributed by atoms with Crippen molar-refractivity contribution in [2.45, 2.75) is 44.7 Å². The number of hydrogen-bond donors (Lipinski definition) is 0. The minimum atomic E-state index is -0.208. The third-order valence-electron chi connectivity index (χ3n) is 6.39. The fourth-order valence-corrected chi connectivity index (χ4v) is 5.19. The SMILES string of the molecule is COc1cccc(CC(=O)N2CC[C@H]3[C@@H](C2)CC(C)(C)N3c2ccc(F)cc2)c1. The van der Waals surface area contributed by atoms with Crippen molar-refractivity contribution in [2.75, 3.05) is 25.1 Å². The van der Waals surface area contributed by atoms with Crippen molar-refractivity contribution in [3.8, 4) is 5.75 Å². The van der Waals surface area contributed by atoms with Crippen molar-refractivity contribution < 1.29 is 13.9 Å². The van der Waals surface area contributed by atoms with Gasteiger partial charge in [-0.25, -0.2) is 4.39 Å². The van der Waals surface area contributed by atoms with Gasteiger partial charge in [0.25, 0.3) is 0 Å². The van der Waals surface area contributed by atoms with Crippen molar-refractivity contribution >= 4 is 11.6 Å². The molecule has 0 unspecified atom stereocenters. The van der Waals surface area contributed by atoms with E-state index in [-0.39, 0.29) is 17.3 Å². The van der Waals surface area contributed by atoms with Crippen molar-refractivity contribution in [3.05, 3.63) is 59.9 Å². The Balaban J connectivity index is 1.46. The van der Waals surface area contributed by atoms with Crippen LogP contribution >= 0.6 is 0 Å². The molecule has 2 aromatic rings. The first kappa shape index (κ1) is 19.7. The highest BCUT2D eigenvalue weighted by atomic mass is 19.1. The first-order valence-electron chi connectivity index (χ1n) is 10.3. The van der Waals surface area contributed by atoms with Gasteiger partial charge in [-0.05, 0) is 74.6 Å². The van der Waals surface area contributed by atoms with Crippen LogP contribution in [0.3, 0.4) is 0 Å². The summed E-state index contributed by atoms with van der Waals surface area (Å²) in [6.07, 6.45) is 2.37. The molecule has 2 fully saturated rings. The highest BCUT2D eigenvalue weighted by Gasteiger charge is 2.48. The molecule has 0 bridgehead atoms. The quantitative estimate of drug-likeness (QED) is 0.773. The van der Waals surface area contributed by atoms with E-state index in [9.17, 15) is 9.18 Å². The zero-order valence-electron chi connectivity index (χ0n) is 17.4. The maximum Gasteiger partial charge on any atom is 0.227 e. The van der Waals surface area contributed by atoms with E-state index in [0.29, 0.717) is 18.4 Å². The lowest BCUT2D eigenvalue weighted by atomic mass is 9.89. The van der Waals surface area contributed by atoms with Crippen LogP contribution in [0.1, 0.15) is 32.3 Å². The normalized spacial score (nSPS) is 23.0. The number of rotatable bonds is 4. The van der Waals surface area contributed by atoms with Gasteiger partial charge in [0, 0.05) is 30.4 Å². The third kappa shape index (κ3) is 3.96. The lowest BCUT2D eigenvalue weighted by molar-refractivity contribution is -0.132. The summed E-state index contributed by atoms with van der Waals surface area (Å²) in [5.41, 5.74) is 2.04. The number of methoxy groups -OCH3 is 1. The molecule has 29 heavy (non-hydrogen) atoms. The Labute approximate surface area is 172 Å². The molecule has 0 radical (unpaired) electrons. The number of carbonyl (C=O) groups excluding carboxylic acids is 1. The van der Waals surface area contributed by atoms with E-state index >= 15 is 0 Å². The van der Waals surface area contributed by atoms with Crippen LogP contribution in [0.15, 0.2) is 48.5 Å². The molecule has 0 N–H and O–H groups in total. The van der Waals surface area contributed by atoms with Crippen LogP contribution in [0.4, 0.5) is 10.1 Å². The summed E-state index contributed by atoms with van der Waals surface area (Å²) in [4.78, 5) is 17.4. The summed E-state index contributed by atoms with van der Waals surface area (Å²) in [7, 11) is 1.64. The average molecular weight is 397 g/mol. The molecule has 0 spiro atoms. The first-order chi connectivity index (χ1) is 13.9. The van der Waals surface area contributed by atoms with Gasteiger partial charge in [-0.1, -0.05) is 12.1 Å². The lowest BCUT2D eigenvalue weighted by Crippen LogP contribution is -2.50. The summed E-state index contributed by atoms with van der Waals surface area (Å²) in [5, 5.41) is 0. The fraction of sp³-hybridized carbons (Fsp3) is 0.458. The van der Waals surface area contributed by atoms with E-state index < -0.39 is 0 Å². The second-order valence-corrected chi connectivity index (χ2v) is 8.85. The van der Waals surface area contributed by atoms with Gasteiger partial charge in [-0.15, -0.1) is 0 Å². The van der Waals surface area contributed by atoms with E-state index in [1.165, 1.54) is 12.1 Å². The number of nitrogens with zero attached hydrogens (tertiary/aromatic N) is 2. The summed E-state index contributed by atoms with van der Waals surface area (Å²) >= 11 is 0. The van der Waals surface area contributed by atoms with E-state index in [1.807, 2.05) is 41.3 Å². The summed E-state index contributed by atoms with van der Waals surface area (Å²) in [6.45, 7) is 6.04. The topological polar surface area (TPSA) is 32.8 Å². The summed E-state index contributed by atoms with van der Waals surface area (Å²) < 4.78 is 18.7. The highest BCUT2D eigenvalue weighted by molar-refractivity contribution is 5.79. The van der Waals surface area contributed by atoms with Gasteiger partial charge in [0.1, 0.15) is 11.6 Å². The first-order valence-corrected chi connectivity index (χ1v) is 10.3. The molecule has 0 aromatic heterocycles. The zero-order chi connectivity index (χ0) is 20.6. The molecular formula is C24H29FN2O2. The van der Waals surface area contributed by atoms with Crippen molar-refractivity contribution in [1.29, 1.82) is 0 Å². The Hall–Kier alpha value is -2.56.